The van der Waals surface area contributed by atoms with Crippen molar-refractivity contribution in [2.45, 2.75) is 31.6 Å². The molecule has 1 heterocycles. The zero-order chi connectivity index (χ0) is 26.6. The van der Waals surface area contributed by atoms with Crippen molar-refractivity contribution in [2.24, 2.45) is 0 Å². The molecule has 15 heteroatoms. The van der Waals surface area contributed by atoms with Gasteiger partial charge in [0.1, 0.15) is 5.82 Å². The molecule has 3 nitrogen and oxygen atoms in total. The Bertz CT molecular complexity index is 1160. The molecule has 0 amide bonds. The summed E-state index contributed by atoms with van der Waals surface area (Å²) in [5.41, 5.74) is -8.96. The maximum Gasteiger partial charge on any atom is 0.417 e. The number of aromatic nitrogens is 3. The molecule has 0 fully saturated rings. The van der Waals surface area contributed by atoms with E-state index in [2.05, 4.69) is 15.0 Å². The summed E-state index contributed by atoms with van der Waals surface area (Å²) in [5, 5.41) is 0. The average molecular weight is 519 g/mol. The number of aryl methyl sites for hydroxylation is 1. The average Bonchev–Trinajstić information content (AvgIpc) is 2.70. The zero-order valence-corrected chi connectivity index (χ0v) is 16.8. The molecule has 0 atom stereocenters. The van der Waals surface area contributed by atoms with E-state index in [0.29, 0.717) is 24.3 Å². The highest BCUT2D eigenvalue weighted by atomic mass is 19.4. The highest BCUT2D eigenvalue weighted by Crippen LogP contribution is 2.42. The summed E-state index contributed by atoms with van der Waals surface area (Å²) >= 11 is 0. The summed E-state index contributed by atoms with van der Waals surface area (Å²) in [4.78, 5) is 10.7. The molecule has 3 rings (SSSR count). The molecule has 0 N–H and O–H groups in total. The second-order valence-electron chi connectivity index (χ2n) is 7.04. The summed E-state index contributed by atoms with van der Waals surface area (Å²) in [5.74, 6) is -2.30. The number of hydrogen-bond acceptors (Lipinski definition) is 3. The smallest absolute Gasteiger partial charge is 0.213 e. The predicted octanol–water partition coefficient (Wildman–Crippen LogP) is 7.59. The molecule has 0 saturated carbocycles. The second-order valence-corrected chi connectivity index (χ2v) is 7.04. The third-order valence-corrected chi connectivity index (χ3v) is 4.53. The van der Waals surface area contributed by atoms with E-state index < -0.39 is 75.6 Å². The molecule has 0 aliphatic carbocycles. The van der Waals surface area contributed by atoms with Crippen molar-refractivity contribution in [3.05, 3.63) is 64.5 Å². The SMILES string of the molecule is Cc1nc(-c2ccc(C(F)(F)F)cc2C(F)(F)F)nc(-c2ccc(C(F)(F)F)cc2C(F)(F)F)n1. The summed E-state index contributed by atoms with van der Waals surface area (Å²) in [6.45, 7) is 1.05. The van der Waals surface area contributed by atoms with Gasteiger partial charge in [-0.2, -0.15) is 52.7 Å². The van der Waals surface area contributed by atoms with Crippen LogP contribution in [0.1, 0.15) is 28.1 Å². The Morgan fingerprint density at radius 1 is 0.486 bits per heavy atom. The van der Waals surface area contributed by atoms with Gasteiger partial charge in [0.15, 0.2) is 11.6 Å². The maximum atomic E-state index is 13.5. The van der Waals surface area contributed by atoms with Crippen LogP contribution in [0.25, 0.3) is 22.8 Å². The number of hydrogen-bond donors (Lipinski definition) is 0. The molecule has 188 valence electrons. The molecule has 0 bridgehead atoms. The van der Waals surface area contributed by atoms with E-state index in [1.54, 1.807) is 0 Å². The zero-order valence-electron chi connectivity index (χ0n) is 16.8. The normalized spacial score (nSPS) is 13.3. The van der Waals surface area contributed by atoms with Crippen molar-refractivity contribution >= 4 is 0 Å². The van der Waals surface area contributed by atoms with Gasteiger partial charge in [0.05, 0.1) is 22.3 Å². The lowest BCUT2D eigenvalue weighted by atomic mass is 10.0. The van der Waals surface area contributed by atoms with Crippen LogP contribution >= 0.6 is 0 Å². The van der Waals surface area contributed by atoms with E-state index in [0.717, 1.165) is 6.92 Å². The second kappa shape index (κ2) is 8.37. The molecular formula is C20H9F12N3. The van der Waals surface area contributed by atoms with Crippen LogP contribution in [-0.4, -0.2) is 15.0 Å². The summed E-state index contributed by atoms with van der Waals surface area (Å²) in [6, 6.07) is 0.940. The number of halogens is 12. The Morgan fingerprint density at radius 3 is 1.11 bits per heavy atom. The first-order chi connectivity index (χ1) is 15.8. The molecule has 1 aromatic heterocycles. The fourth-order valence-electron chi connectivity index (χ4n) is 3.02. The van der Waals surface area contributed by atoms with Crippen molar-refractivity contribution in [3.8, 4) is 22.8 Å². The minimum absolute atomic E-state index is 0.215. The quantitative estimate of drug-likeness (QED) is 0.328. The maximum absolute atomic E-state index is 13.5. The van der Waals surface area contributed by atoms with Gasteiger partial charge in [-0.15, -0.1) is 0 Å². The summed E-state index contributed by atoms with van der Waals surface area (Å²) < 4.78 is 159. The van der Waals surface area contributed by atoms with Crippen LogP contribution in [-0.2, 0) is 24.7 Å². The highest BCUT2D eigenvalue weighted by Gasteiger charge is 2.41. The van der Waals surface area contributed by atoms with Crippen molar-refractivity contribution in [1.82, 2.24) is 15.0 Å². The van der Waals surface area contributed by atoms with Gasteiger partial charge in [-0.1, -0.05) is 0 Å². The topological polar surface area (TPSA) is 38.7 Å². The van der Waals surface area contributed by atoms with Crippen molar-refractivity contribution in [3.63, 3.8) is 0 Å². The molecule has 0 saturated heterocycles. The monoisotopic (exact) mass is 519 g/mol. The lowest BCUT2D eigenvalue weighted by Gasteiger charge is -2.17. The van der Waals surface area contributed by atoms with Gasteiger partial charge in [0.2, 0.25) is 0 Å². The van der Waals surface area contributed by atoms with Gasteiger partial charge in [0.25, 0.3) is 0 Å². The van der Waals surface area contributed by atoms with Gasteiger partial charge >= 0.3 is 24.7 Å². The lowest BCUT2D eigenvalue weighted by Crippen LogP contribution is -2.14. The van der Waals surface area contributed by atoms with Crippen LogP contribution in [0.2, 0.25) is 0 Å². The van der Waals surface area contributed by atoms with Crippen molar-refractivity contribution in [1.29, 1.82) is 0 Å². The lowest BCUT2D eigenvalue weighted by molar-refractivity contribution is -0.144. The van der Waals surface area contributed by atoms with E-state index in [-0.39, 0.29) is 12.1 Å². The molecule has 0 aliphatic heterocycles. The Hall–Kier alpha value is -3.39. The molecule has 0 spiro atoms. The fraction of sp³-hybridized carbons (Fsp3) is 0.250. The van der Waals surface area contributed by atoms with Crippen LogP contribution in [0.4, 0.5) is 52.7 Å². The summed E-state index contributed by atoms with van der Waals surface area (Å²) in [7, 11) is 0. The number of alkyl halides is 12. The Balaban J connectivity index is 2.28. The first-order valence-corrected chi connectivity index (χ1v) is 9.09. The fourth-order valence-corrected chi connectivity index (χ4v) is 3.02. The van der Waals surface area contributed by atoms with Gasteiger partial charge < -0.3 is 0 Å². The number of rotatable bonds is 2. The Labute approximate surface area is 187 Å². The number of benzene rings is 2. The van der Waals surface area contributed by atoms with Gasteiger partial charge in [-0.3, -0.25) is 0 Å². The molecule has 0 unspecified atom stereocenters. The minimum Gasteiger partial charge on any atom is -0.213 e. The highest BCUT2D eigenvalue weighted by molar-refractivity contribution is 5.67. The minimum atomic E-state index is -5.34. The molecular weight excluding hydrogens is 510 g/mol. The van der Waals surface area contributed by atoms with Gasteiger partial charge in [-0.25, -0.2) is 15.0 Å². The Kier molecular flexibility index (Phi) is 6.27. The molecule has 0 aliphatic rings. The van der Waals surface area contributed by atoms with Gasteiger partial charge in [0, 0.05) is 11.1 Å². The molecule has 3 aromatic rings. The van der Waals surface area contributed by atoms with Crippen molar-refractivity contribution < 1.29 is 52.7 Å². The van der Waals surface area contributed by atoms with E-state index in [1.165, 1.54) is 0 Å². The van der Waals surface area contributed by atoms with E-state index in [1.807, 2.05) is 0 Å². The predicted molar refractivity (Wildman–Crippen MR) is 95.4 cm³/mol. The molecule has 0 radical (unpaired) electrons. The van der Waals surface area contributed by atoms with Crippen molar-refractivity contribution in [2.75, 3.05) is 0 Å². The van der Waals surface area contributed by atoms with Crippen LogP contribution in [0.15, 0.2) is 36.4 Å². The number of nitrogens with zero attached hydrogens (tertiary/aromatic N) is 3. The van der Waals surface area contributed by atoms with Crippen LogP contribution in [0.5, 0.6) is 0 Å². The van der Waals surface area contributed by atoms with Crippen LogP contribution in [0.3, 0.4) is 0 Å². The standard InChI is InChI=1S/C20H9F12N3/c1-8-33-15(11-4-2-9(17(21,22)23)6-13(11)19(27,28)29)35-16(34-8)12-5-3-10(18(24,25)26)7-14(12)20(30,31)32/h2-7H,1H3. The first-order valence-electron chi connectivity index (χ1n) is 9.09. The third kappa shape index (κ3) is 5.65. The van der Waals surface area contributed by atoms with E-state index in [4.69, 9.17) is 0 Å². The molecule has 35 heavy (non-hydrogen) atoms. The van der Waals surface area contributed by atoms with E-state index >= 15 is 0 Å². The largest absolute Gasteiger partial charge is 0.417 e. The van der Waals surface area contributed by atoms with Crippen LogP contribution in [0, 0.1) is 6.92 Å². The summed E-state index contributed by atoms with van der Waals surface area (Å²) in [6.07, 6.45) is -21.0. The van der Waals surface area contributed by atoms with Gasteiger partial charge in [-0.05, 0) is 43.3 Å². The third-order valence-electron chi connectivity index (χ3n) is 4.53. The van der Waals surface area contributed by atoms with E-state index in [9.17, 15) is 52.7 Å². The first kappa shape index (κ1) is 26.2. The van der Waals surface area contributed by atoms with Crippen LogP contribution < -0.4 is 0 Å². The Morgan fingerprint density at radius 2 is 0.829 bits per heavy atom. The molecule has 2 aromatic carbocycles.